The first-order chi connectivity index (χ1) is 4.80. The number of hydrogen-bond acceptors (Lipinski definition) is 0. The van der Waals surface area contributed by atoms with Crippen molar-refractivity contribution < 1.29 is 0 Å². The van der Waals surface area contributed by atoms with Crippen molar-refractivity contribution in [3.05, 3.63) is 12.2 Å². The molecular weight excluding hydrogens is 120 g/mol. The predicted octanol–water partition coefficient (Wildman–Crippen LogP) is 3.78. The van der Waals surface area contributed by atoms with Gasteiger partial charge in [-0.3, -0.25) is 0 Å². The van der Waals surface area contributed by atoms with Crippen molar-refractivity contribution in [1.82, 2.24) is 0 Å². The molecule has 0 N–H and O–H groups in total. The second kappa shape index (κ2) is 5.52. The van der Waals surface area contributed by atoms with Crippen LogP contribution < -0.4 is 0 Å². The van der Waals surface area contributed by atoms with Gasteiger partial charge in [-0.2, -0.15) is 0 Å². The van der Waals surface area contributed by atoms with E-state index in [4.69, 9.17) is 0 Å². The second-order valence-corrected chi connectivity index (χ2v) is 2.81. The second-order valence-electron chi connectivity index (χ2n) is 2.81. The maximum absolute atomic E-state index is 4.00. The molecule has 10 heavy (non-hydrogen) atoms. The van der Waals surface area contributed by atoms with Crippen molar-refractivity contribution >= 4 is 0 Å². The molecule has 0 amide bonds. The summed E-state index contributed by atoms with van der Waals surface area (Å²) in [5, 5.41) is 0. The molecule has 1 saturated carbocycles. The van der Waals surface area contributed by atoms with Crippen LogP contribution in [0.1, 0.15) is 46.5 Å². The third-order valence-corrected chi connectivity index (χ3v) is 2.08. The lowest BCUT2D eigenvalue weighted by Gasteiger charge is -2.19. The van der Waals surface area contributed by atoms with E-state index in [1.54, 1.807) is 0 Å². The Balaban J connectivity index is 0.000000371. The van der Waals surface area contributed by atoms with Crippen molar-refractivity contribution in [1.29, 1.82) is 0 Å². The minimum absolute atomic E-state index is 0.809. The fourth-order valence-electron chi connectivity index (χ4n) is 1.25. The fraction of sp³-hybridized carbons (Fsp3) is 0.800. The molecule has 1 aliphatic rings. The first-order valence-electron chi connectivity index (χ1n) is 4.48. The summed E-state index contributed by atoms with van der Waals surface area (Å²) in [4.78, 5) is 0. The van der Waals surface area contributed by atoms with Crippen molar-refractivity contribution in [3.63, 3.8) is 0 Å². The molecule has 1 unspecified atom stereocenters. The van der Waals surface area contributed by atoms with Crippen LogP contribution in [0.2, 0.25) is 0 Å². The highest BCUT2D eigenvalue weighted by Crippen LogP contribution is 2.26. The molecule has 0 nitrogen and oxygen atoms in total. The van der Waals surface area contributed by atoms with Crippen molar-refractivity contribution in [2.24, 2.45) is 5.92 Å². The van der Waals surface area contributed by atoms with E-state index >= 15 is 0 Å². The summed E-state index contributed by atoms with van der Waals surface area (Å²) in [6, 6.07) is 0. The van der Waals surface area contributed by atoms with E-state index in [2.05, 4.69) is 13.5 Å². The van der Waals surface area contributed by atoms with E-state index in [0.29, 0.717) is 0 Å². The lowest BCUT2D eigenvalue weighted by Crippen LogP contribution is -2.03. The van der Waals surface area contributed by atoms with Gasteiger partial charge < -0.3 is 0 Å². The topological polar surface area (TPSA) is 0 Å². The molecule has 60 valence electrons. The van der Waals surface area contributed by atoms with E-state index in [9.17, 15) is 0 Å². The molecular formula is C10H20. The first-order valence-corrected chi connectivity index (χ1v) is 4.48. The summed E-state index contributed by atoms with van der Waals surface area (Å²) in [5.74, 6) is 0.809. The average Bonchev–Trinajstić information content (AvgIpc) is 2.00. The Kier molecular flexibility index (Phi) is 5.38. The number of hydrogen-bond donors (Lipinski definition) is 0. The van der Waals surface area contributed by atoms with Crippen LogP contribution in [0.4, 0.5) is 0 Å². The van der Waals surface area contributed by atoms with E-state index in [0.717, 1.165) is 5.92 Å². The van der Waals surface area contributed by atoms with Crippen LogP contribution in [-0.2, 0) is 0 Å². The quantitative estimate of drug-likeness (QED) is 0.449. The summed E-state index contributed by atoms with van der Waals surface area (Å²) in [5.41, 5.74) is 1.47. The Hall–Kier alpha value is -0.260. The van der Waals surface area contributed by atoms with Gasteiger partial charge in [-0.05, 0) is 25.2 Å². The third kappa shape index (κ3) is 3.05. The smallest absolute Gasteiger partial charge is 0.0234 e. The molecule has 0 aromatic heterocycles. The molecule has 1 aliphatic carbocycles. The summed E-state index contributed by atoms with van der Waals surface area (Å²) in [6.07, 6.45) is 5.45. The molecule has 0 aromatic rings. The molecule has 0 saturated heterocycles. The van der Waals surface area contributed by atoms with Gasteiger partial charge in [-0.25, -0.2) is 0 Å². The lowest BCUT2D eigenvalue weighted by atomic mass is 9.87. The molecule has 1 fully saturated rings. The summed E-state index contributed by atoms with van der Waals surface area (Å²) >= 11 is 0. The minimum Gasteiger partial charge on any atom is -0.0996 e. The van der Waals surface area contributed by atoms with E-state index in [-0.39, 0.29) is 0 Å². The Morgan fingerprint density at radius 2 is 1.90 bits per heavy atom. The lowest BCUT2D eigenvalue weighted by molar-refractivity contribution is 0.486. The molecule has 0 radical (unpaired) electrons. The van der Waals surface area contributed by atoms with Crippen LogP contribution in [0.15, 0.2) is 12.2 Å². The van der Waals surface area contributed by atoms with Crippen molar-refractivity contribution in [3.8, 4) is 0 Å². The average molecular weight is 140 g/mol. The van der Waals surface area contributed by atoms with Crippen molar-refractivity contribution in [2.45, 2.75) is 46.5 Å². The minimum atomic E-state index is 0.809. The van der Waals surface area contributed by atoms with Gasteiger partial charge in [0.25, 0.3) is 0 Å². The standard InChI is InChI=1S/C8H14.C2H6/c1-7-5-3-4-6-8(7)2;1-2/h8H,1,3-6H2,2H3;1-2H3. The van der Waals surface area contributed by atoms with E-state index < -0.39 is 0 Å². The molecule has 0 spiro atoms. The summed E-state index contributed by atoms with van der Waals surface area (Å²) in [7, 11) is 0. The zero-order valence-corrected chi connectivity index (χ0v) is 7.61. The molecule has 0 heterocycles. The molecule has 0 aromatic carbocycles. The van der Waals surface area contributed by atoms with Crippen LogP contribution in [0.25, 0.3) is 0 Å². The van der Waals surface area contributed by atoms with Gasteiger partial charge in [-0.1, -0.05) is 39.3 Å². The molecule has 1 atom stereocenters. The summed E-state index contributed by atoms with van der Waals surface area (Å²) < 4.78 is 0. The van der Waals surface area contributed by atoms with Gasteiger partial charge in [0.15, 0.2) is 0 Å². The third-order valence-electron chi connectivity index (χ3n) is 2.08. The van der Waals surface area contributed by atoms with Crippen LogP contribution in [0, 0.1) is 5.92 Å². The largest absolute Gasteiger partial charge is 0.0996 e. The van der Waals surface area contributed by atoms with Gasteiger partial charge in [0.05, 0.1) is 0 Å². The normalized spacial score (nSPS) is 25.1. The highest BCUT2D eigenvalue weighted by atomic mass is 14.2. The zero-order valence-electron chi connectivity index (χ0n) is 7.61. The van der Waals surface area contributed by atoms with Crippen LogP contribution in [-0.4, -0.2) is 0 Å². The number of allylic oxidation sites excluding steroid dienone is 1. The van der Waals surface area contributed by atoms with Crippen LogP contribution in [0.5, 0.6) is 0 Å². The fourth-order valence-corrected chi connectivity index (χ4v) is 1.25. The van der Waals surface area contributed by atoms with E-state index in [1.165, 1.54) is 31.3 Å². The van der Waals surface area contributed by atoms with Gasteiger partial charge in [0.1, 0.15) is 0 Å². The highest BCUT2D eigenvalue weighted by Gasteiger charge is 2.10. The highest BCUT2D eigenvalue weighted by molar-refractivity contribution is 5.01. The predicted molar refractivity (Wildman–Crippen MR) is 48.1 cm³/mol. The van der Waals surface area contributed by atoms with E-state index in [1.807, 2.05) is 13.8 Å². The Morgan fingerprint density at radius 3 is 2.20 bits per heavy atom. The zero-order chi connectivity index (χ0) is 7.98. The summed E-state index contributed by atoms with van der Waals surface area (Å²) in [6.45, 7) is 10.3. The maximum Gasteiger partial charge on any atom is -0.0234 e. The molecule has 0 heteroatoms. The Labute approximate surface area is 65.3 Å². The molecule has 0 aliphatic heterocycles. The Bertz CT molecular complexity index is 92.2. The van der Waals surface area contributed by atoms with Gasteiger partial charge in [0, 0.05) is 0 Å². The monoisotopic (exact) mass is 140 g/mol. The first kappa shape index (κ1) is 9.74. The van der Waals surface area contributed by atoms with Gasteiger partial charge in [-0.15, -0.1) is 0 Å². The molecule has 1 rings (SSSR count). The van der Waals surface area contributed by atoms with Crippen LogP contribution >= 0.6 is 0 Å². The van der Waals surface area contributed by atoms with Crippen LogP contribution in [0.3, 0.4) is 0 Å². The maximum atomic E-state index is 4.00. The molecule has 0 bridgehead atoms. The van der Waals surface area contributed by atoms with Gasteiger partial charge >= 0.3 is 0 Å². The number of rotatable bonds is 0. The SMILES string of the molecule is C=C1CCCCC1C.CC. The Morgan fingerprint density at radius 1 is 1.30 bits per heavy atom. The van der Waals surface area contributed by atoms with Gasteiger partial charge in [0.2, 0.25) is 0 Å². The van der Waals surface area contributed by atoms with Crippen molar-refractivity contribution in [2.75, 3.05) is 0 Å².